The van der Waals surface area contributed by atoms with Crippen molar-refractivity contribution in [1.82, 2.24) is 0 Å². The number of halogens is 1. The van der Waals surface area contributed by atoms with Gasteiger partial charge in [0, 0.05) is 10.8 Å². The summed E-state index contributed by atoms with van der Waals surface area (Å²) in [5.41, 5.74) is 0. The molecule has 14 heavy (non-hydrogen) atoms. The van der Waals surface area contributed by atoms with Crippen LogP contribution in [0.5, 0.6) is 0 Å². The van der Waals surface area contributed by atoms with Crippen LogP contribution in [0.1, 0.15) is 24.1 Å². The van der Waals surface area contributed by atoms with Crippen molar-refractivity contribution in [1.29, 1.82) is 0 Å². The third-order valence-corrected chi connectivity index (χ3v) is 4.09. The van der Waals surface area contributed by atoms with Gasteiger partial charge in [-0.1, -0.05) is 0 Å². The minimum absolute atomic E-state index is 0.0398. The number of hydrogen-bond donors (Lipinski definition) is 0. The summed E-state index contributed by atoms with van der Waals surface area (Å²) in [4.78, 5) is 12.7. The Bertz CT molecular complexity index is 348. The predicted octanol–water partition coefficient (Wildman–Crippen LogP) is 3.18. The SMILES string of the molecule is CCOC(=O)[C@H]1C[C@@H]1c1ccc(Br)s1. The van der Waals surface area contributed by atoms with Crippen LogP contribution in [0.15, 0.2) is 15.9 Å². The predicted molar refractivity (Wildman–Crippen MR) is 59.5 cm³/mol. The number of carbonyl (C=O) groups excluding carboxylic acids is 1. The van der Waals surface area contributed by atoms with Gasteiger partial charge in [0.1, 0.15) is 0 Å². The molecule has 0 bridgehead atoms. The normalized spacial score (nSPS) is 24.7. The summed E-state index contributed by atoms with van der Waals surface area (Å²) in [6.07, 6.45) is 0.950. The Morgan fingerprint density at radius 3 is 3.07 bits per heavy atom. The molecule has 1 aromatic rings. The number of carbonyl (C=O) groups is 1. The summed E-state index contributed by atoms with van der Waals surface area (Å²) in [6, 6.07) is 4.11. The van der Waals surface area contributed by atoms with E-state index in [2.05, 4.69) is 22.0 Å². The fourth-order valence-electron chi connectivity index (χ4n) is 1.55. The molecular formula is C10H11BrO2S. The van der Waals surface area contributed by atoms with Gasteiger partial charge in [0.05, 0.1) is 16.3 Å². The van der Waals surface area contributed by atoms with Crippen molar-refractivity contribution >= 4 is 33.2 Å². The van der Waals surface area contributed by atoms with Crippen molar-refractivity contribution in [3.05, 3.63) is 20.8 Å². The Kier molecular flexibility index (Phi) is 2.93. The molecule has 1 aliphatic rings. The zero-order valence-electron chi connectivity index (χ0n) is 7.83. The van der Waals surface area contributed by atoms with Gasteiger partial charge >= 0.3 is 5.97 Å². The van der Waals surface area contributed by atoms with Gasteiger partial charge in [0.2, 0.25) is 0 Å². The number of ether oxygens (including phenoxy) is 1. The Labute approximate surface area is 95.4 Å². The molecule has 1 aromatic heterocycles. The van der Waals surface area contributed by atoms with E-state index >= 15 is 0 Å². The molecule has 2 nitrogen and oxygen atoms in total. The van der Waals surface area contributed by atoms with Crippen LogP contribution in [-0.2, 0) is 9.53 Å². The Balaban J connectivity index is 1.96. The lowest BCUT2D eigenvalue weighted by Crippen LogP contribution is -2.06. The lowest BCUT2D eigenvalue weighted by Gasteiger charge is -1.98. The highest BCUT2D eigenvalue weighted by molar-refractivity contribution is 9.11. The second-order valence-corrected chi connectivity index (χ2v) is 5.84. The van der Waals surface area contributed by atoms with E-state index < -0.39 is 0 Å². The summed E-state index contributed by atoms with van der Waals surface area (Å²) in [6.45, 7) is 2.33. The molecule has 1 fully saturated rings. The van der Waals surface area contributed by atoms with Crippen LogP contribution >= 0.6 is 27.3 Å². The second kappa shape index (κ2) is 4.03. The molecule has 4 heteroatoms. The van der Waals surface area contributed by atoms with Crippen LogP contribution < -0.4 is 0 Å². The summed E-state index contributed by atoms with van der Waals surface area (Å²) in [5, 5.41) is 0. The number of thiophene rings is 1. The summed E-state index contributed by atoms with van der Waals surface area (Å²) < 4.78 is 6.11. The molecule has 76 valence electrons. The van der Waals surface area contributed by atoms with Gasteiger partial charge in [-0.3, -0.25) is 4.79 Å². The minimum atomic E-state index is -0.0398. The summed E-state index contributed by atoms with van der Waals surface area (Å²) in [7, 11) is 0. The zero-order chi connectivity index (χ0) is 10.1. The molecule has 0 aromatic carbocycles. The lowest BCUT2D eigenvalue weighted by atomic mass is 10.3. The Hall–Kier alpha value is -0.350. The molecule has 0 saturated heterocycles. The third kappa shape index (κ3) is 2.01. The topological polar surface area (TPSA) is 26.3 Å². The van der Waals surface area contributed by atoms with E-state index in [0.29, 0.717) is 12.5 Å². The van der Waals surface area contributed by atoms with Crippen molar-refractivity contribution in [3.8, 4) is 0 Å². The largest absolute Gasteiger partial charge is 0.466 e. The molecule has 2 rings (SSSR count). The summed E-state index contributed by atoms with van der Waals surface area (Å²) in [5.74, 6) is 0.480. The zero-order valence-corrected chi connectivity index (χ0v) is 10.2. The van der Waals surface area contributed by atoms with Crippen LogP contribution in [0.25, 0.3) is 0 Å². The van der Waals surface area contributed by atoms with Gasteiger partial charge in [0.15, 0.2) is 0 Å². The van der Waals surface area contributed by atoms with Crippen molar-refractivity contribution < 1.29 is 9.53 Å². The highest BCUT2D eigenvalue weighted by atomic mass is 79.9. The first kappa shape index (κ1) is 10.2. The van der Waals surface area contributed by atoms with E-state index in [4.69, 9.17) is 4.74 Å². The van der Waals surface area contributed by atoms with E-state index in [1.807, 2.05) is 13.0 Å². The lowest BCUT2D eigenvalue weighted by molar-refractivity contribution is -0.144. The Morgan fingerprint density at radius 1 is 1.71 bits per heavy atom. The van der Waals surface area contributed by atoms with E-state index in [1.54, 1.807) is 11.3 Å². The molecule has 1 heterocycles. The van der Waals surface area contributed by atoms with Crippen molar-refractivity contribution in [2.45, 2.75) is 19.3 Å². The Morgan fingerprint density at radius 2 is 2.50 bits per heavy atom. The molecule has 0 N–H and O–H groups in total. The molecule has 1 saturated carbocycles. The number of esters is 1. The van der Waals surface area contributed by atoms with Gasteiger partial charge in [-0.2, -0.15) is 0 Å². The molecule has 2 atom stereocenters. The van der Waals surface area contributed by atoms with E-state index in [1.165, 1.54) is 4.88 Å². The van der Waals surface area contributed by atoms with Gasteiger partial charge < -0.3 is 4.74 Å². The van der Waals surface area contributed by atoms with Crippen molar-refractivity contribution in [3.63, 3.8) is 0 Å². The highest BCUT2D eigenvalue weighted by Crippen LogP contribution is 2.50. The average molecular weight is 275 g/mol. The van der Waals surface area contributed by atoms with E-state index in [-0.39, 0.29) is 11.9 Å². The quantitative estimate of drug-likeness (QED) is 0.792. The maximum absolute atomic E-state index is 11.4. The smallest absolute Gasteiger partial charge is 0.309 e. The third-order valence-electron chi connectivity index (χ3n) is 2.34. The second-order valence-electron chi connectivity index (χ2n) is 3.34. The first-order valence-corrected chi connectivity index (χ1v) is 6.25. The van der Waals surface area contributed by atoms with Crippen LogP contribution in [0, 0.1) is 5.92 Å². The highest BCUT2D eigenvalue weighted by Gasteiger charge is 2.45. The maximum Gasteiger partial charge on any atom is 0.309 e. The standard InChI is InChI=1S/C10H11BrO2S/c1-2-13-10(12)7-5-6(7)8-3-4-9(11)14-8/h3-4,6-7H,2,5H2,1H3/t6-,7-/m0/s1. The van der Waals surface area contributed by atoms with Gasteiger partial charge in [0.25, 0.3) is 0 Å². The minimum Gasteiger partial charge on any atom is -0.466 e. The van der Waals surface area contributed by atoms with Crippen LogP contribution in [0.3, 0.4) is 0 Å². The van der Waals surface area contributed by atoms with Crippen LogP contribution in [0.4, 0.5) is 0 Å². The van der Waals surface area contributed by atoms with Crippen molar-refractivity contribution in [2.75, 3.05) is 6.61 Å². The molecule has 1 aliphatic carbocycles. The van der Waals surface area contributed by atoms with Crippen LogP contribution in [-0.4, -0.2) is 12.6 Å². The van der Waals surface area contributed by atoms with Gasteiger partial charge in [-0.25, -0.2) is 0 Å². The molecular weight excluding hydrogens is 264 g/mol. The summed E-state index contributed by atoms with van der Waals surface area (Å²) >= 11 is 5.12. The number of hydrogen-bond acceptors (Lipinski definition) is 3. The number of rotatable bonds is 3. The molecule has 0 spiro atoms. The average Bonchev–Trinajstić information content (AvgIpc) is 2.84. The van der Waals surface area contributed by atoms with Gasteiger partial charge in [-0.15, -0.1) is 11.3 Å². The fraction of sp³-hybridized carbons (Fsp3) is 0.500. The molecule has 0 radical (unpaired) electrons. The molecule has 0 amide bonds. The molecule has 0 unspecified atom stereocenters. The van der Waals surface area contributed by atoms with E-state index in [9.17, 15) is 4.79 Å². The van der Waals surface area contributed by atoms with Crippen LogP contribution in [0.2, 0.25) is 0 Å². The van der Waals surface area contributed by atoms with Gasteiger partial charge in [-0.05, 0) is 41.4 Å². The molecule has 0 aliphatic heterocycles. The fourth-order valence-corrected chi connectivity index (χ4v) is 3.15. The maximum atomic E-state index is 11.4. The van der Waals surface area contributed by atoms with E-state index in [0.717, 1.165) is 10.2 Å². The first-order chi connectivity index (χ1) is 6.72. The first-order valence-electron chi connectivity index (χ1n) is 4.64. The monoisotopic (exact) mass is 274 g/mol. The van der Waals surface area contributed by atoms with Crippen molar-refractivity contribution in [2.24, 2.45) is 5.92 Å².